The lowest BCUT2D eigenvalue weighted by molar-refractivity contribution is -0.136. The average Bonchev–Trinajstić information content (AvgIpc) is 3.37. The maximum atomic E-state index is 12.9. The predicted octanol–water partition coefficient (Wildman–Crippen LogP) is 1.30. The SMILES string of the molecule is CC(CN1CC(=O)NC1=O)C(=O)N1CCN(c2cccc(-c3cn[nH]c3)c2)[C@@H](C)C1. The van der Waals surface area contributed by atoms with Crippen molar-refractivity contribution in [3.8, 4) is 11.1 Å². The molecule has 1 aromatic carbocycles. The zero-order valence-corrected chi connectivity index (χ0v) is 17.2. The van der Waals surface area contributed by atoms with Crippen molar-refractivity contribution in [1.82, 2.24) is 25.3 Å². The van der Waals surface area contributed by atoms with Crippen LogP contribution in [-0.2, 0) is 9.59 Å². The summed E-state index contributed by atoms with van der Waals surface area (Å²) >= 11 is 0. The Labute approximate surface area is 175 Å². The molecular weight excluding hydrogens is 384 g/mol. The molecule has 2 aliphatic heterocycles. The minimum Gasteiger partial charge on any atom is -0.365 e. The van der Waals surface area contributed by atoms with Crippen LogP contribution in [0.15, 0.2) is 36.7 Å². The summed E-state index contributed by atoms with van der Waals surface area (Å²) in [7, 11) is 0. The van der Waals surface area contributed by atoms with Crippen molar-refractivity contribution in [1.29, 1.82) is 0 Å². The summed E-state index contributed by atoms with van der Waals surface area (Å²) in [4.78, 5) is 41.6. The molecule has 0 bridgehead atoms. The van der Waals surface area contributed by atoms with Crippen LogP contribution >= 0.6 is 0 Å². The van der Waals surface area contributed by atoms with E-state index in [9.17, 15) is 14.4 Å². The van der Waals surface area contributed by atoms with E-state index in [1.165, 1.54) is 4.90 Å². The fourth-order valence-electron chi connectivity index (χ4n) is 4.17. The second-order valence-electron chi connectivity index (χ2n) is 8.00. The molecule has 2 aromatic rings. The number of piperazine rings is 1. The normalized spacial score (nSPS) is 20.5. The van der Waals surface area contributed by atoms with E-state index in [2.05, 4.69) is 45.5 Å². The fourth-order valence-corrected chi connectivity index (χ4v) is 4.17. The highest BCUT2D eigenvalue weighted by Gasteiger charge is 2.33. The summed E-state index contributed by atoms with van der Waals surface area (Å²) in [5.74, 6) is -0.662. The number of rotatable bonds is 5. The van der Waals surface area contributed by atoms with Crippen LogP contribution in [0.5, 0.6) is 0 Å². The van der Waals surface area contributed by atoms with Gasteiger partial charge in [0.25, 0.3) is 0 Å². The molecule has 9 nitrogen and oxygen atoms in total. The number of H-pyrrole nitrogens is 1. The first-order valence-electron chi connectivity index (χ1n) is 10.2. The van der Waals surface area contributed by atoms with Gasteiger partial charge in [-0.2, -0.15) is 5.10 Å². The molecule has 2 atom stereocenters. The van der Waals surface area contributed by atoms with E-state index >= 15 is 0 Å². The van der Waals surface area contributed by atoms with Crippen molar-refractivity contribution in [3.05, 3.63) is 36.7 Å². The van der Waals surface area contributed by atoms with Gasteiger partial charge in [-0.25, -0.2) is 4.79 Å². The Morgan fingerprint density at radius 2 is 2.10 bits per heavy atom. The molecule has 3 heterocycles. The van der Waals surface area contributed by atoms with Crippen molar-refractivity contribution < 1.29 is 14.4 Å². The highest BCUT2D eigenvalue weighted by atomic mass is 16.2. The zero-order chi connectivity index (χ0) is 21.3. The van der Waals surface area contributed by atoms with Crippen LogP contribution in [0.2, 0.25) is 0 Å². The topological polar surface area (TPSA) is 102 Å². The molecule has 0 saturated carbocycles. The quantitative estimate of drug-likeness (QED) is 0.724. The third-order valence-electron chi connectivity index (χ3n) is 5.73. The number of hydrogen-bond acceptors (Lipinski definition) is 5. The molecule has 158 valence electrons. The molecule has 0 spiro atoms. The van der Waals surface area contributed by atoms with Crippen molar-refractivity contribution >= 4 is 23.5 Å². The zero-order valence-electron chi connectivity index (χ0n) is 17.2. The van der Waals surface area contributed by atoms with Gasteiger partial charge >= 0.3 is 6.03 Å². The van der Waals surface area contributed by atoms with Gasteiger partial charge in [-0.05, 0) is 24.6 Å². The Balaban J connectivity index is 1.38. The minimum absolute atomic E-state index is 0.0146. The molecule has 2 N–H and O–H groups in total. The maximum Gasteiger partial charge on any atom is 0.324 e. The number of urea groups is 1. The number of carbonyl (C=O) groups excluding carboxylic acids is 3. The van der Waals surface area contributed by atoms with E-state index in [-0.39, 0.29) is 36.9 Å². The lowest BCUT2D eigenvalue weighted by atomic mass is 10.0. The summed E-state index contributed by atoms with van der Waals surface area (Å²) in [5, 5.41) is 9.10. The van der Waals surface area contributed by atoms with E-state index in [1.807, 2.05) is 24.1 Å². The van der Waals surface area contributed by atoms with Crippen LogP contribution in [0.4, 0.5) is 10.5 Å². The summed E-state index contributed by atoms with van der Waals surface area (Å²) in [5.41, 5.74) is 3.25. The Kier molecular flexibility index (Phi) is 5.43. The molecule has 30 heavy (non-hydrogen) atoms. The maximum absolute atomic E-state index is 12.9. The van der Waals surface area contributed by atoms with Gasteiger partial charge in [-0.1, -0.05) is 19.1 Å². The third-order valence-corrected chi connectivity index (χ3v) is 5.73. The highest BCUT2D eigenvalue weighted by Crippen LogP contribution is 2.27. The molecule has 4 amide bonds. The Bertz CT molecular complexity index is 944. The summed E-state index contributed by atoms with van der Waals surface area (Å²) in [6.07, 6.45) is 3.67. The molecule has 2 saturated heterocycles. The van der Waals surface area contributed by atoms with Crippen molar-refractivity contribution in [3.63, 3.8) is 0 Å². The average molecular weight is 410 g/mol. The number of anilines is 1. The van der Waals surface area contributed by atoms with Crippen LogP contribution in [0.3, 0.4) is 0 Å². The number of benzene rings is 1. The number of amides is 4. The molecule has 1 aromatic heterocycles. The van der Waals surface area contributed by atoms with Crippen LogP contribution in [0, 0.1) is 5.92 Å². The first-order valence-corrected chi connectivity index (χ1v) is 10.2. The van der Waals surface area contributed by atoms with E-state index in [4.69, 9.17) is 0 Å². The molecule has 0 radical (unpaired) electrons. The van der Waals surface area contributed by atoms with Crippen LogP contribution in [0.25, 0.3) is 11.1 Å². The smallest absolute Gasteiger partial charge is 0.324 e. The van der Waals surface area contributed by atoms with Crippen molar-refractivity contribution in [2.45, 2.75) is 19.9 Å². The van der Waals surface area contributed by atoms with Crippen LogP contribution in [-0.4, -0.2) is 76.6 Å². The van der Waals surface area contributed by atoms with Gasteiger partial charge in [0.05, 0.1) is 12.1 Å². The first-order chi connectivity index (χ1) is 14.4. The van der Waals surface area contributed by atoms with Crippen LogP contribution < -0.4 is 10.2 Å². The largest absolute Gasteiger partial charge is 0.365 e. The lowest BCUT2D eigenvalue weighted by Gasteiger charge is -2.42. The Morgan fingerprint density at radius 1 is 1.27 bits per heavy atom. The fraction of sp³-hybridized carbons (Fsp3) is 0.429. The van der Waals surface area contributed by atoms with Crippen molar-refractivity contribution in [2.75, 3.05) is 37.6 Å². The number of hydrogen-bond donors (Lipinski definition) is 2. The van der Waals surface area contributed by atoms with Gasteiger partial charge in [-0.3, -0.25) is 20.0 Å². The second kappa shape index (κ2) is 8.17. The van der Waals surface area contributed by atoms with Gasteiger partial charge in [0.15, 0.2) is 0 Å². The standard InChI is InChI=1S/C21H26N6O3/c1-14(11-26-13-19(28)24-21(26)30)20(29)25-6-7-27(15(2)12-25)18-5-3-4-16(8-18)17-9-22-23-10-17/h3-5,8-10,14-15H,6-7,11-13H2,1-2H3,(H,22,23)(H,24,28,30)/t14?,15-/m0/s1. The molecule has 2 aliphatic rings. The van der Waals surface area contributed by atoms with E-state index in [1.54, 1.807) is 6.20 Å². The van der Waals surface area contributed by atoms with Gasteiger partial charge < -0.3 is 14.7 Å². The molecule has 2 fully saturated rings. The summed E-state index contributed by atoms with van der Waals surface area (Å²) < 4.78 is 0. The van der Waals surface area contributed by atoms with E-state index in [0.717, 1.165) is 23.4 Å². The number of aromatic amines is 1. The third kappa shape index (κ3) is 4.00. The number of carbonyl (C=O) groups is 3. The van der Waals surface area contributed by atoms with Gasteiger partial charge in [0, 0.05) is 49.7 Å². The number of nitrogens with one attached hydrogen (secondary N) is 2. The second-order valence-corrected chi connectivity index (χ2v) is 8.00. The van der Waals surface area contributed by atoms with Gasteiger partial charge in [0.2, 0.25) is 11.8 Å². The van der Waals surface area contributed by atoms with Gasteiger partial charge in [0.1, 0.15) is 6.54 Å². The monoisotopic (exact) mass is 410 g/mol. The Morgan fingerprint density at radius 3 is 2.77 bits per heavy atom. The molecule has 4 rings (SSSR count). The first kappa shape index (κ1) is 19.9. The molecular formula is C21H26N6O3. The predicted molar refractivity (Wildman–Crippen MR) is 112 cm³/mol. The summed E-state index contributed by atoms with van der Waals surface area (Å²) in [6, 6.07) is 8.06. The molecule has 1 unspecified atom stereocenters. The number of nitrogens with zero attached hydrogens (tertiary/aromatic N) is 4. The lowest BCUT2D eigenvalue weighted by Crippen LogP contribution is -2.55. The summed E-state index contributed by atoms with van der Waals surface area (Å²) in [6.45, 7) is 6.16. The molecule has 0 aliphatic carbocycles. The number of aromatic nitrogens is 2. The van der Waals surface area contributed by atoms with Crippen molar-refractivity contribution in [2.24, 2.45) is 5.92 Å². The minimum atomic E-state index is -0.421. The van der Waals surface area contributed by atoms with Crippen LogP contribution in [0.1, 0.15) is 13.8 Å². The van der Waals surface area contributed by atoms with Gasteiger partial charge in [-0.15, -0.1) is 0 Å². The number of imide groups is 1. The Hall–Kier alpha value is -3.36. The highest BCUT2D eigenvalue weighted by molar-refractivity contribution is 6.02. The van der Waals surface area contributed by atoms with E-state index < -0.39 is 6.03 Å². The molecule has 9 heteroatoms. The van der Waals surface area contributed by atoms with E-state index in [0.29, 0.717) is 13.1 Å².